The van der Waals surface area contributed by atoms with Crippen LogP contribution in [0.2, 0.25) is 0 Å². The van der Waals surface area contributed by atoms with E-state index in [0.29, 0.717) is 5.95 Å². The van der Waals surface area contributed by atoms with Crippen LogP contribution in [0.1, 0.15) is 33.6 Å². The van der Waals surface area contributed by atoms with Crippen LogP contribution in [0.3, 0.4) is 0 Å². The van der Waals surface area contributed by atoms with E-state index in [4.69, 9.17) is 0 Å². The number of thiophene rings is 1. The molecule has 2 heterocycles. The molecule has 2 aromatic rings. The van der Waals surface area contributed by atoms with Crippen LogP contribution in [0.4, 0.5) is 11.8 Å². The summed E-state index contributed by atoms with van der Waals surface area (Å²) in [5.41, 5.74) is 0.0446. The van der Waals surface area contributed by atoms with Crippen molar-refractivity contribution in [1.29, 1.82) is 0 Å². The van der Waals surface area contributed by atoms with Crippen LogP contribution in [-0.4, -0.2) is 22.6 Å². The lowest BCUT2D eigenvalue weighted by Crippen LogP contribution is -2.31. The van der Waals surface area contributed by atoms with Gasteiger partial charge in [-0.05, 0) is 31.7 Å². The first-order valence-electron chi connectivity index (χ1n) is 6.27. The van der Waals surface area contributed by atoms with Crippen molar-refractivity contribution in [3.8, 4) is 0 Å². The molecule has 2 aromatic heterocycles. The molecule has 2 rings (SSSR count). The summed E-state index contributed by atoms with van der Waals surface area (Å²) in [5, 5.41) is 9.70. The van der Waals surface area contributed by atoms with E-state index in [1.165, 1.54) is 0 Å². The van der Waals surface area contributed by atoms with Crippen molar-refractivity contribution < 1.29 is 0 Å². The number of hydrogen-bond donors (Lipinski definition) is 2. The number of aromatic nitrogens is 2. The molecule has 0 spiro atoms. The van der Waals surface area contributed by atoms with Crippen LogP contribution >= 0.6 is 11.3 Å². The van der Waals surface area contributed by atoms with Gasteiger partial charge in [-0.2, -0.15) is 4.98 Å². The van der Waals surface area contributed by atoms with Crippen molar-refractivity contribution in [3.63, 3.8) is 0 Å². The Morgan fingerprint density at radius 2 is 2.11 bits per heavy atom. The lowest BCUT2D eigenvalue weighted by atomic mass is 9.99. The van der Waals surface area contributed by atoms with E-state index in [0.717, 1.165) is 28.9 Å². The molecule has 0 aliphatic heterocycles. The number of fused-ring (bicyclic) bond motifs is 1. The molecule has 0 fully saturated rings. The highest BCUT2D eigenvalue weighted by Gasteiger charge is 2.19. The second kappa shape index (κ2) is 5.10. The summed E-state index contributed by atoms with van der Waals surface area (Å²) in [4.78, 5) is 10.00. The summed E-state index contributed by atoms with van der Waals surface area (Å²) >= 11 is 1.64. The van der Waals surface area contributed by atoms with E-state index in [-0.39, 0.29) is 5.54 Å². The van der Waals surface area contributed by atoms with Crippen LogP contribution in [0.15, 0.2) is 11.4 Å². The maximum Gasteiger partial charge on any atom is 0.225 e. The van der Waals surface area contributed by atoms with E-state index in [9.17, 15) is 0 Å². The molecular formula is C13H20N4S. The van der Waals surface area contributed by atoms with Crippen LogP contribution < -0.4 is 10.6 Å². The van der Waals surface area contributed by atoms with Crippen LogP contribution in [0.25, 0.3) is 10.2 Å². The number of nitrogens with one attached hydrogen (secondary N) is 2. The van der Waals surface area contributed by atoms with Crippen molar-refractivity contribution in [2.45, 2.75) is 39.2 Å². The second-order valence-corrected chi connectivity index (χ2v) is 5.94. The van der Waals surface area contributed by atoms with Crippen molar-refractivity contribution in [3.05, 3.63) is 11.4 Å². The fourth-order valence-corrected chi connectivity index (χ4v) is 2.83. The fraction of sp³-hybridized carbons (Fsp3) is 0.538. The van der Waals surface area contributed by atoms with Crippen LogP contribution in [-0.2, 0) is 0 Å². The van der Waals surface area contributed by atoms with Gasteiger partial charge >= 0.3 is 0 Å². The molecule has 0 aliphatic rings. The van der Waals surface area contributed by atoms with Gasteiger partial charge in [0.25, 0.3) is 0 Å². The zero-order valence-corrected chi connectivity index (χ0v) is 12.2. The lowest BCUT2D eigenvalue weighted by molar-refractivity contribution is 0.510. The number of nitrogens with zero attached hydrogens (tertiary/aromatic N) is 2. The lowest BCUT2D eigenvalue weighted by Gasteiger charge is -2.26. The van der Waals surface area contributed by atoms with Crippen LogP contribution in [0.5, 0.6) is 0 Å². The minimum Gasteiger partial charge on any atom is -0.364 e. The summed E-state index contributed by atoms with van der Waals surface area (Å²) in [6.07, 6.45) is 2.26. The maximum absolute atomic E-state index is 4.53. The Morgan fingerprint density at radius 3 is 2.78 bits per heavy atom. The van der Waals surface area contributed by atoms with Gasteiger partial charge < -0.3 is 10.6 Å². The zero-order valence-electron chi connectivity index (χ0n) is 11.4. The molecule has 5 heteroatoms. The fourth-order valence-electron chi connectivity index (χ4n) is 2.07. The van der Waals surface area contributed by atoms with Gasteiger partial charge in [0.2, 0.25) is 5.95 Å². The molecular weight excluding hydrogens is 244 g/mol. The van der Waals surface area contributed by atoms with Gasteiger partial charge in [-0.15, -0.1) is 11.3 Å². The molecule has 2 N–H and O–H groups in total. The molecule has 0 atom stereocenters. The highest BCUT2D eigenvalue weighted by atomic mass is 32.1. The van der Waals surface area contributed by atoms with E-state index in [2.05, 4.69) is 52.8 Å². The molecule has 98 valence electrons. The van der Waals surface area contributed by atoms with E-state index in [1.807, 2.05) is 7.05 Å². The van der Waals surface area contributed by atoms with Gasteiger partial charge in [0.15, 0.2) is 0 Å². The van der Waals surface area contributed by atoms with Gasteiger partial charge in [0.05, 0.1) is 5.39 Å². The Bertz CT molecular complexity index is 533. The van der Waals surface area contributed by atoms with Gasteiger partial charge in [0.1, 0.15) is 10.6 Å². The third kappa shape index (κ3) is 2.72. The monoisotopic (exact) mass is 264 g/mol. The topological polar surface area (TPSA) is 49.8 Å². The van der Waals surface area contributed by atoms with E-state index < -0.39 is 0 Å². The molecule has 0 bridgehead atoms. The van der Waals surface area contributed by atoms with Crippen molar-refractivity contribution in [2.75, 3.05) is 17.7 Å². The standard InChI is InChI=1S/C13H20N4S/c1-5-7-13(2,3)17-10-9-6-8-18-11(9)16-12(14-4)15-10/h6,8H,5,7H2,1-4H3,(H2,14,15,16,17). The van der Waals surface area contributed by atoms with Gasteiger partial charge in [-0.3, -0.25) is 0 Å². The number of rotatable bonds is 5. The Kier molecular flexibility index (Phi) is 3.71. The number of hydrogen-bond acceptors (Lipinski definition) is 5. The predicted octanol–water partition coefficient (Wildman–Crippen LogP) is 3.72. The minimum atomic E-state index is 0.0446. The summed E-state index contributed by atoms with van der Waals surface area (Å²) in [6, 6.07) is 2.07. The third-order valence-corrected chi connectivity index (χ3v) is 3.69. The van der Waals surface area contributed by atoms with E-state index in [1.54, 1.807) is 11.3 Å². The molecule has 18 heavy (non-hydrogen) atoms. The van der Waals surface area contributed by atoms with Crippen molar-refractivity contribution >= 4 is 33.3 Å². The highest BCUT2D eigenvalue weighted by Crippen LogP contribution is 2.29. The Hall–Kier alpha value is -1.36. The first-order valence-corrected chi connectivity index (χ1v) is 7.15. The normalized spacial score (nSPS) is 11.8. The summed E-state index contributed by atoms with van der Waals surface area (Å²) in [5.74, 6) is 1.59. The molecule has 0 amide bonds. The molecule has 4 nitrogen and oxygen atoms in total. The predicted molar refractivity (Wildman–Crippen MR) is 79.6 cm³/mol. The Morgan fingerprint density at radius 1 is 1.33 bits per heavy atom. The van der Waals surface area contributed by atoms with Gasteiger partial charge in [-0.1, -0.05) is 13.3 Å². The average molecular weight is 264 g/mol. The molecule has 0 unspecified atom stereocenters. The van der Waals surface area contributed by atoms with Gasteiger partial charge in [0, 0.05) is 12.6 Å². The van der Waals surface area contributed by atoms with Crippen molar-refractivity contribution in [2.24, 2.45) is 0 Å². The largest absolute Gasteiger partial charge is 0.364 e. The SMILES string of the molecule is CCCC(C)(C)Nc1nc(NC)nc2sccc12. The number of anilines is 2. The zero-order chi connectivity index (χ0) is 13.2. The minimum absolute atomic E-state index is 0.0446. The molecule has 0 radical (unpaired) electrons. The van der Waals surface area contributed by atoms with Crippen molar-refractivity contribution in [1.82, 2.24) is 9.97 Å². The molecule has 0 saturated carbocycles. The maximum atomic E-state index is 4.53. The smallest absolute Gasteiger partial charge is 0.225 e. The summed E-state index contributed by atoms with van der Waals surface area (Å²) in [6.45, 7) is 6.61. The first kappa shape index (κ1) is 13.1. The van der Waals surface area contributed by atoms with Gasteiger partial charge in [-0.25, -0.2) is 4.98 Å². The highest BCUT2D eigenvalue weighted by molar-refractivity contribution is 7.16. The Balaban J connectivity index is 2.39. The molecule has 0 aromatic carbocycles. The van der Waals surface area contributed by atoms with E-state index >= 15 is 0 Å². The Labute approximate surface area is 112 Å². The molecule has 0 saturated heterocycles. The quantitative estimate of drug-likeness (QED) is 0.864. The third-order valence-electron chi connectivity index (χ3n) is 2.88. The van der Waals surface area contributed by atoms with Crippen LogP contribution in [0, 0.1) is 0 Å². The summed E-state index contributed by atoms with van der Waals surface area (Å²) < 4.78 is 0. The molecule has 0 aliphatic carbocycles. The summed E-state index contributed by atoms with van der Waals surface area (Å²) in [7, 11) is 1.84. The average Bonchev–Trinajstić information content (AvgIpc) is 2.76. The second-order valence-electron chi connectivity index (χ2n) is 5.04. The first-order chi connectivity index (χ1) is 8.55.